The first-order valence-corrected chi connectivity index (χ1v) is 7.89. The Hall–Kier alpha value is -3.26. The number of aliphatic carboxylic acids is 2. The van der Waals surface area contributed by atoms with Crippen LogP contribution in [0.3, 0.4) is 0 Å². The van der Waals surface area contributed by atoms with Crippen molar-refractivity contribution in [2.75, 3.05) is 6.54 Å². The standard InChI is InChI=1S/C14H23N5O9/c1-5(20)11(19-12(26)6(15)2-8(16)21)14(28)18-7(3-9(22)23)13(27)17-4-10(24)25/h5-7,11,20H,2-4,15H2,1H3,(H2,16,21)(H,17,27)(H,18,28)(H,19,26)(H,22,23)(H,24,25). The minimum atomic E-state index is -1.68. The zero-order valence-corrected chi connectivity index (χ0v) is 14.9. The predicted octanol–water partition coefficient (Wildman–Crippen LogP) is -4.78. The second-order valence-corrected chi connectivity index (χ2v) is 5.77. The summed E-state index contributed by atoms with van der Waals surface area (Å²) in [6.07, 6.45) is -2.91. The lowest BCUT2D eigenvalue weighted by Gasteiger charge is -2.25. The van der Waals surface area contributed by atoms with Gasteiger partial charge in [0, 0.05) is 0 Å². The molecule has 0 saturated carbocycles. The number of nitrogens with one attached hydrogen (secondary N) is 3. The van der Waals surface area contributed by atoms with Crippen LogP contribution in [-0.4, -0.2) is 81.7 Å². The Bertz CT molecular complexity index is 637. The number of primary amides is 1. The molecule has 0 heterocycles. The first-order valence-electron chi connectivity index (χ1n) is 7.89. The lowest BCUT2D eigenvalue weighted by atomic mass is 10.1. The molecule has 0 aromatic rings. The first-order chi connectivity index (χ1) is 12.8. The highest BCUT2D eigenvalue weighted by Crippen LogP contribution is 2.00. The third-order valence-corrected chi connectivity index (χ3v) is 3.25. The van der Waals surface area contributed by atoms with Crippen LogP contribution < -0.4 is 27.4 Å². The van der Waals surface area contributed by atoms with Gasteiger partial charge in [0.25, 0.3) is 0 Å². The Morgan fingerprint density at radius 2 is 1.46 bits per heavy atom. The van der Waals surface area contributed by atoms with Crippen LogP contribution in [0.25, 0.3) is 0 Å². The molecule has 0 aromatic heterocycles. The molecule has 4 unspecified atom stereocenters. The molecular formula is C14H23N5O9. The van der Waals surface area contributed by atoms with E-state index in [1.54, 1.807) is 0 Å². The average Bonchev–Trinajstić information content (AvgIpc) is 2.54. The predicted molar refractivity (Wildman–Crippen MR) is 90.2 cm³/mol. The summed E-state index contributed by atoms with van der Waals surface area (Å²) in [5.74, 6) is -6.98. The zero-order chi connectivity index (χ0) is 22.0. The van der Waals surface area contributed by atoms with E-state index in [-0.39, 0.29) is 0 Å². The summed E-state index contributed by atoms with van der Waals surface area (Å²) in [6, 6.07) is -4.72. The smallest absolute Gasteiger partial charge is 0.322 e. The number of aliphatic hydroxyl groups is 1. The van der Waals surface area contributed by atoms with Crippen LogP contribution in [0.2, 0.25) is 0 Å². The molecule has 0 fully saturated rings. The Morgan fingerprint density at radius 3 is 1.89 bits per heavy atom. The monoisotopic (exact) mass is 405 g/mol. The summed E-state index contributed by atoms with van der Waals surface area (Å²) in [7, 11) is 0. The molecular weight excluding hydrogens is 382 g/mol. The molecule has 14 nitrogen and oxygen atoms in total. The molecule has 10 N–H and O–H groups in total. The van der Waals surface area contributed by atoms with Gasteiger partial charge < -0.3 is 42.7 Å². The highest BCUT2D eigenvalue weighted by Gasteiger charge is 2.32. The lowest BCUT2D eigenvalue weighted by molar-refractivity contribution is -0.142. The van der Waals surface area contributed by atoms with E-state index in [2.05, 4.69) is 5.32 Å². The van der Waals surface area contributed by atoms with Crippen molar-refractivity contribution in [3.63, 3.8) is 0 Å². The number of carbonyl (C=O) groups excluding carboxylic acids is 4. The maximum Gasteiger partial charge on any atom is 0.322 e. The van der Waals surface area contributed by atoms with Crippen molar-refractivity contribution in [2.24, 2.45) is 11.5 Å². The Kier molecular flexibility index (Phi) is 10.1. The number of amides is 4. The summed E-state index contributed by atoms with van der Waals surface area (Å²) in [5, 5.41) is 33.1. The van der Waals surface area contributed by atoms with Crippen LogP contribution in [0.5, 0.6) is 0 Å². The molecule has 0 aliphatic heterocycles. The molecule has 0 bridgehead atoms. The second kappa shape index (κ2) is 11.5. The molecule has 14 heteroatoms. The van der Waals surface area contributed by atoms with Gasteiger partial charge in [-0.25, -0.2) is 0 Å². The van der Waals surface area contributed by atoms with Crippen molar-refractivity contribution in [1.29, 1.82) is 0 Å². The van der Waals surface area contributed by atoms with Gasteiger partial charge in [0.2, 0.25) is 23.6 Å². The summed E-state index contributed by atoms with van der Waals surface area (Å²) >= 11 is 0. The van der Waals surface area contributed by atoms with Crippen molar-refractivity contribution < 1.29 is 44.1 Å². The topological polar surface area (TPSA) is 251 Å². The fourth-order valence-corrected chi connectivity index (χ4v) is 1.91. The van der Waals surface area contributed by atoms with Crippen molar-refractivity contribution in [2.45, 2.75) is 44.0 Å². The van der Waals surface area contributed by atoms with Gasteiger partial charge in [-0.3, -0.25) is 28.8 Å². The second-order valence-electron chi connectivity index (χ2n) is 5.77. The number of hydrogen-bond acceptors (Lipinski definition) is 8. The zero-order valence-electron chi connectivity index (χ0n) is 14.9. The van der Waals surface area contributed by atoms with Crippen molar-refractivity contribution in [3.8, 4) is 0 Å². The van der Waals surface area contributed by atoms with E-state index in [4.69, 9.17) is 21.7 Å². The number of nitrogens with two attached hydrogens (primary N) is 2. The average molecular weight is 405 g/mol. The molecule has 0 aliphatic rings. The molecule has 28 heavy (non-hydrogen) atoms. The molecule has 0 aliphatic carbocycles. The summed E-state index contributed by atoms with van der Waals surface area (Å²) < 4.78 is 0. The van der Waals surface area contributed by atoms with Gasteiger partial charge in [-0.1, -0.05) is 0 Å². The highest BCUT2D eigenvalue weighted by molar-refractivity contribution is 5.96. The Balaban J connectivity index is 5.20. The van der Waals surface area contributed by atoms with E-state index in [9.17, 15) is 33.9 Å². The summed E-state index contributed by atoms with van der Waals surface area (Å²) in [6.45, 7) is 0.310. The van der Waals surface area contributed by atoms with E-state index in [0.717, 1.165) is 6.92 Å². The van der Waals surface area contributed by atoms with Crippen LogP contribution in [0.15, 0.2) is 0 Å². The van der Waals surface area contributed by atoms with Crippen LogP contribution in [0, 0.1) is 0 Å². The van der Waals surface area contributed by atoms with Crippen LogP contribution in [-0.2, 0) is 28.8 Å². The van der Waals surface area contributed by atoms with Crippen LogP contribution in [0.1, 0.15) is 19.8 Å². The Morgan fingerprint density at radius 1 is 0.893 bits per heavy atom. The maximum absolute atomic E-state index is 12.3. The SMILES string of the molecule is CC(O)C(NC(=O)C(N)CC(N)=O)C(=O)NC(CC(=O)O)C(=O)NCC(=O)O. The van der Waals surface area contributed by atoms with Gasteiger partial charge in [-0.2, -0.15) is 0 Å². The number of carbonyl (C=O) groups is 6. The van der Waals surface area contributed by atoms with Gasteiger partial charge in [0.05, 0.1) is 25.0 Å². The summed E-state index contributed by atoms with van der Waals surface area (Å²) in [4.78, 5) is 68.2. The van der Waals surface area contributed by atoms with Crippen LogP contribution in [0.4, 0.5) is 0 Å². The molecule has 158 valence electrons. The van der Waals surface area contributed by atoms with E-state index >= 15 is 0 Å². The summed E-state index contributed by atoms with van der Waals surface area (Å²) in [5.41, 5.74) is 10.3. The van der Waals surface area contributed by atoms with Crippen molar-refractivity contribution >= 4 is 35.6 Å². The molecule has 4 amide bonds. The molecule has 4 atom stereocenters. The minimum absolute atomic E-state index is 0.529. The Labute approximate surface area is 158 Å². The first kappa shape index (κ1) is 24.7. The van der Waals surface area contributed by atoms with E-state index in [0.29, 0.717) is 0 Å². The van der Waals surface area contributed by atoms with Crippen molar-refractivity contribution in [3.05, 3.63) is 0 Å². The normalized spacial score (nSPS) is 14.7. The number of rotatable bonds is 12. The fourth-order valence-electron chi connectivity index (χ4n) is 1.91. The van der Waals surface area contributed by atoms with Gasteiger partial charge in [0.15, 0.2) is 0 Å². The molecule has 0 spiro atoms. The van der Waals surface area contributed by atoms with Crippen LogP contribution >= 0.6 is 0 Å². The maximum atomic E-state index is 12.3. The van der Waals surface area contributed by atoms with Gasteiger partial charge >= 0.3 is 11.9 Å². The number of carboxylic acids is 2. The van der Waals surface area contributed by atoms with Gasteiger partial charge in [-0.05, 0) is 6.92 Å². The number of aliphatic hydroxyl groups excluding tert-OH is 1. The van der Waals surface area contributed by atoms with Gasteiger partial charge in [0.1, 0.15) is 18.6 Å². The number of carboxylic acid groups (broad SMARTS) is 2. The minimum Gasteiger partial charge on any atom is -0.481 e. The fraction of sp³-hybridized carbons (Fsp3) is 0.571. The largest absolute Gasteiger partial charge is 0.481 e. The lowest BCUT2D eigenvalue weighted by Crippen LogP contribution is -2.59. The van der Waals surface area contributed by atoms with E-state index in [1.165, 1.54) is 0 Å². The third-order valence-electron chi connectivity index (χ3n) is 3.25. The molecule has 0 rings (SSSR count). The molecule has 0 radical (unpaired) electrons. The molecule has 0 saturated heterocycles. The highest BCUT2D eigenvalue weighted by atomic mass is 16.4. The van der Waals surface area contributed by atoms with Gasteiger partial charge in [-0.15, -0.1) is 0 Å². The third kappa shape index (κ3) is 9.44. The number of hydrogen-bond donors (Lipinski definition) is 8. The molecule has 0 aromatic carbocycles. The van der Waals surface area contributed by atoms with E-state index in [1.807, 2.05) is 10.6 Å². The quantitative estimate of drug-likeness (QED) is 0.154. The van der Waals surface area contributed by atoms with Crippen molar-refractivity contribution in [1.82, 2.24) is 16.0 Å². The van der Waals surface area contributed by atoms with E-state index < -0.39 is 79.2 Å².